The number of amides is 1. The van der Waals surface area contributed by atoms with Crippen LogP contribution in [0.3, 0.4) is 0 Å². The van der Waals surface area contributed by atoms with Gasteiger partial charge in [-0.05, 0) is 41.8 Å². The summed E-state index contributed by atoms with van der Waals surface area (Å²) in [6, 6.07) is 2.57. The predicted molar refractivity (Wildman–Crippen MR) is 131 cm³/mol. The summed E-state index contributed by atoms with van der Waals surface area (Å²) >= 11 is 1.48. The molecule has 9 nitrogen and oxygen atoms in total. The van der Waals surface area contributed by atoms with Gasteiger partial charge in [-0.25, -0.2) is 9.50 Å². The smallest absolute Gasteiger partial charge is 0.261 e. The van der Waals surface area contributed by atoms with Crippen LogP contribution in [0.1, 0.15) is 40.4 Å². The molecule has 1 amide bonds. The van der Waals surface area contributed by atoms with E-state index in [1.54, 1.807) is 0 Å². The summed E-state index contributed by atoms with van der Waals surface area (Å²) in [5, 5.41) is 16.1. The maximum absolute atomic E-state index is 13.1. The normalized spacial score (nSPS) is 25.4. The minimum absolute atomic E-state index is 0.0118. The van der Waals surface area contributed by atoms with E-state index in [2.05, 4.69) is 20.4 Å². The molecule has 1 unspecified atom stereocenters. The number of nitrogens with zero attached hydrogens (tertiary/aromatic N) is 6. The van der Waals surface area contributed by atoms with Gasteiger partial charge in [0.05, 0.1) is 24.3 Å². The Kier molecular flexibility index (Phi) is 5.80. The highest BCUT2D eigenvalue weighted by molar-refractivity contribution is 7.12. The number of rotatable bonds is 5. The highest BCUT2D eigenvalue weighted by Gasteiger charge is 2.34. The van der Waals surface area contributed by atoms with Gasteiger partial charge >= 0.3 is 0 Å². The quantitative estimate of drug-likeness (QED) is 0.605. The largest absolute Gasteiger partial charge is 0.379 e. The Balaban J connectivity index is 1.17. The third-order valence-corrected chi connectivity index (χ3v) is 8.08. The summed E-state index contributed by atoms with van der Waals surface area (Å²) < 4.78 is 7.32. The fraction of sp³-hybridized carbons (Fsp3) is 0.500. The molecule has 0 aromatic carbocycles. The molecule has 1 saturated heterocycles. The number of fused-ring (bicyclic) bond motifs is 1. The van der Waals surface area contributed by atoms with E-state index in [-0.39, 0.29) is 17.9 Å². The van der Waals surface area contributed by atoms with Crippen LogP contribution in [0.5, 0.6) is 0 Å². The molecule has 0 spiro atoms. The molecule has 3 atom stereocenters. The van der Waals surface area contributed by atoms with E-state index in [9.17, 15) is 4.79 Å². The number of nitrogens with one attached hydrogen (secondary N) is 1. The van der Waals surface area contributed by atoms with E-state index < -0.39 is 0 Å². The predicted octanol–water partition coefficient (Wildman–Crippen LogP) is 2.46. The van der Waals surface area contributed by atoms with Gasteiger partial charge in [0.25, 0.3) is 5.91 Å². The van der Waals surface area contributed by atoms with Crippen LogP contribution < -0.4 is 5.32 Å². The fourth-order valence-corrected chi connectivity index (χ4v) is 6.15. The van der Waals surface area contributed by atoms with Crippen molar-refractivity contribution < 1.29 is 9.53 Å². The first kappa shape index (κ1) is 21.7. The summed E-state index contributed by atoms with van der Waals surface area (Å²) in [6.07, 6.45) is 11.0. The molecule has 3 aromatic rings. The van der Waals surface area contributed by atoms with Crippen LogP contribution >= 0.6 is 11.3 Å². The van der Waals surface area contributed by atoms with Crippen LogP contribution in [0.15, 0.2) is 35.1 Å². The molecule has 1 saturated carbocycles. The standard InChI is InChI=1S/C24H29N7O2S/c1-29-13-18(11-26-29)17-10-25-23-19(12-27-31(23)14-17)16-9-22(34-15-16)24(32)28-20-3-2-4-21(20)30-5-7-33-8-6-30/h9-12,14-15,18,20-21H,2-8,13H2,1H3,(H,28,32)/t18?,20-,21+/m1/s1. The van der Waals surface area contributed by atoms with Crippen molar-refractivity contribution in [1.82, 2.24) is 29.8 Å². The summed E-state index contributed by atoms with van der Waals surface area (Å²) in [5.74, 6) is 0.237. The van der Waals surface area contributed by atoms with Gasteiger partial charge in [-0.1, -0.05) is 0 Å². The number of aromatic nitrogens is 3. The van der Waals surface area contributed by atoms with Crippen LogP contribution in [0.4, 0.5) is 0 Å². The maximum Gasteiger partial charge on any atom is 0.261 e. The van der Waals surface area contributed by atoms with Crippen molar-refractivity contribution >= 4 is 29.1 Å². The Morgan fingerprint density at radius 2 is 2.12 bits per heavy atom. The molecular weight excluding hydrogens is 450 g/mol. The minimum Gasteiger partial charge on any atom is -0.379 e. The molecule has 2 fully saturated rings. The third kappa shape index (κ3) is 4.10. The van der Waals surface area contributed by atoms with Crippen LogP contribution in [0, 0.1) is 0 Å². The Labute approximate surface area is 202 Å². The number of carbonyl (C=O) groups excluding carboxylic acids is 1. The molecule has 3 aliphatic rings. The number of likely N-dealkylation sites (N-methyl/N-ethyl adjacent to an activating group) is 1. The number of hydrazone groups is 1. The van der Waals surface area contributed by atoms with Crippen LogP contribution in [-0.2, 0) is 4.74 Å². The first-order chi connectivity index (χ1) is 16.7. The maximum atomic E-state index is 13.1. The lowest BCUT2D eigenvalue weighted by Gasteiger charge is -2.35. The lowest BCUT2D eigenvalue weighted by Crippen LogP contribution is -2.52. The van der Waals surface area contributed by atoms with Crippen LogP contribution in [-0.4, -0.2) is 88.6 Å². The average Bonchev–Trinajstić information content (AvgIpc) is 3.65. The minimum atomic E-state index is 0.0118. The van der Waals surface area contributed by atoms with Crippen molar-refractivity contribution in [2.75, 3.05) is 39.9 Å². The number of hydrogen-bond acceptors (Lipinski definition) is 8. The summed E-state index contributed by atoms with van der Waals surface area (Å²) in [7, 11) is 1.97. The molecule has 6 rings (SSSR count). The van der Waals surface area contributed by atoms with E-state index in [1.807, 2.05) is 52.8 Å². The molecule has 0 radical (unpaired) electrons. The average molecular weight is 480 g/mol. The molecular formula is C24H29N7O2S. The van der Waals surface area contributed by atoms with Gasteiger partial charge in [0.1, 0.15) is 0 Å². The number of hydrogen-bond donors (Lipinski definition) is 1. The lowest BCUT2D eigenvalue weighted by atomic mass is 10.1. The molecule has 2 aliphatic heterocycles. The number of ether oxygens (including phenoxy) is 1. The molecule has 0 bridgehead atoms. The summed E-state index contributed by atoms with van der Waals surface area (Å²) in [4.78, 5) is 21.0. The van der Waals surface area contributed by atoms with Crippen LogP contribution in [0.2, 0.25) is 0 Å². The zero-order valence-electron chi connectivity index (χ0n) is 19.3. The zero-order chi connectivity index (χ0) is 23.1. The zero-order valence-corrected chi connectivity index (χ0v) is 20.1. The molecule has 1 N–H and O–H groups in total. The van der Waals surface area contributed by atoms with E-state index in [1.165, 1.54) is 11.3 Å². The fourth-order valence-electron chi connectivity index (χ4n) is 5.34. The highest BCUT2D eigenvalue weighted by Crippen LogP contribution is 2.30. The number of thiophene rings is 1. The lowest BCUT2D eigenvalue weighted by molar-refractivity contribution is 0.0126. The van der Waals surface area contributed by atoms with E-state index >= 15 is 0 Å². The van der Waals surface area contributed by atoms with Gasteiger partial charge < -0.3 is 10.1 Å². The second kappa shape index (κ2) is 9.09. The topological polar surface area (TPSA) is 87.4 Å². The van der Waals surface area contributed by atoms with Gasteiger partial charge in [0.15, 0.2) is 5.65 Å². The first-order valence-corrected chi connectivity index (χ1v) is 12.8. The molecule has 5 heterocycles. The van der Waals surface area contributed by atoms with E-state index in [0.29, 0.717) is 6.04 Å². The van der Waals surface area contributed by atoms with Crippen LogP contribution in [0.25, 0.3) is 16.8 Å². The second-order valence-corrected chi connectivity index (χ2v) is 10.3. The number of morpholine rings is 1. The van der Waals surface area contributed by atoms with Gasteiger partial charge in [-0.15, -0.1) is 11.3 Å². The molecule has 10 heteroatoms. The second-order valence-electron chi connectivity index (χ2n) is 9.35. The van der Waals surface area contributed by atoms with Gasteiger partial charge in [-0.3, -0.25) is 14.7 Å². The Morgan fingerprint density at radius 3 is 2.94 bits per heavy atom. The van der Waals surface area contributed by atoms with Gasteiger partial charge in [0.2, 0.25) is 0 Å². The molecule has 3 aromatic heterocycles. The van der Waals surface area contributed by atoms with Crippen molar-refractivity contribution in [1.29, 1.82) is 0 Å². The first-order valence-electron chi connectivity index (χ1n) is 12.0. The van der Waals surface area contributed by atoms with Crippen molar-refractivity contribution in [3.8, 4) is 11.1 Å². The Morgan fingerprint density at radius 1 is 1.24 bits per heavy atom. The Bertz CT molecular complexity index is 1220. The molecule has 1 aliphatic carbocycles. The van der Waals surface area contributed by atoms with Crippen molar-refractivity contribution in [2.24, 2.45) is 5.10 Å². The van der Waals surface area contributed by atoms with Gasteiger partial charge in [-0.2, -0.15) is 10.2 Å². The van der Waals surface area contributed by atoms with E-state index in [4.69, 9.17) is 9.72 Å². The molecule has 178 valence electrons. The third-order valence-electron chi connectivity index (χ3n) is 7.15. The summed E-state index contributed by atoms with van der Waals surface area (Å²) in [5.41, 5.74) is 3.79. The van der Waals surface area contributed by atoms with Crippen molar-refractivity contribution in [3.63, 3.8) is 0 Å². The summed E-state index contributed by atoms with van der Waals surface area (Å²) in [6.45, 7) is 4.32. The van der Waals surface area contributed by atoms with Crippen molar-refractivity contribution in [3.05, 3.63) is 40.5 Å². The monoisotopic (exact) mass is 479 g/mol. The molecule has 34 heavy (non-hydrogen) atoms. The number of carbonyl (C=O) groups is 1. The van der Waals surface area contributed by atoms with Crippen molar-refractivity contribution in [2.45, 2.75) is 37.3 Å². The van der Waals surface area contributed by atoms with Gasteiger partial charge in [0, 0.05) is 68.9 Å². The Hall–Kier alpha value is -2.82. The van der Waals surface area contributed by atoms with E-state index in [0.717, 1.165) is 79.3 Å². The SMILES string of the molecule is CN1CC(c2cnc3c(-c4csc(C(=O)N[C@@H]5CCC[C@@H]5N5CCOCC5)c4)cnn3c2)C=N1. The highest BCUT2D eigenvalue weighted by atomic mass is 32.1.